The van der Waals surface area contributed by atoms with Crippen molar-refractivity contribution in [2.75, 3.05) is 19.7 Å². The Morgan fingerprint density at radius 3 is 2.60 bits per heavy atom. The Hall–Kier alpha value is -1.59. The molecule has 20 heavy (non-hydrogen) atoms. The maximum atomic E-state index is 12.0. The molecule has 2 saturated heterocycles. The van der Waals surface area contributed by atoms with E-state index in [1.165, 1.54) is 0 Å². The van der Waals surface area contributed by atoms with Crippen LogP contribution < -0.4 is 0 Å². The smallest absolute Gasteiger partial charge is 0.410 e. The largest absolute Gasteiger partial charge is 0.445 e. The van der Waals surface area contributed by atoms with Crippen LogP contribution in [0.25, 0.3) is 0 Å². The van der Waals surface area contributed by atoms with Gasteiger partial charge in [0.15, 0.2) is 0 Å². The number of epoxide rings is 1. The average molecular weight is 277 g/mol. The second kappa shape index (κ2) is 5.42. The quantitative estimate of drug-likeness (QED) is 0.851. The molecule has 2 aliphatic heterocycles. The van der Waals surface area contributed by atoms with Crippen molar-refractivity contribution in [3.05, 3.63) is 35.9 Å². The molecule has 0 saturated carbocycles. The van der Waals surface area contributed by atoms with Gasteiger partial charge in [0.25, 0.3) is 0 Å². The number of nitrogens with zero attached hydrogens (tertiary/aromatic N) is 1. The number of rotatable bonds is 3. The highest BCUT2D eigenvalue weighted by molar-refractivity contribution is 5.67. The van der Waals surface area contributed by atoms with Crippen molar-refractivity contribution in [3.8, 4) is 0 Å². The summed E-state index contributed by atoms with van der Waals surface area (Å²) in [5.74, 6) is 0. The van der Waals surface area contributed by atoms with Crippen molar-refractivity contribution < 1.29 is 19.4 Å². The molecule has 1 amide bonds. The predicted molar refractivity (Wildman–Crippen MR) is 72.1 cm³/mol. The molecule has 5 nitrogen and oxygen atoms in total. The Morgan fingerprint density at radius 1 is 1.35 bits per heavy atom. The lowest BCUT2D eigenvalue weighted by Gasteiger charge is -2.36. The van der Waals surface area contributed by atoms with Gasteiger partial charge in [-0.05, 0) is 18.4 Å². The average Bonchev–Trinajstić information content (AvgIpc) is 3.32. The number of ether oxygens (including phenoxy) is 2. The fourth-order valence-electron chi connectivity index (χ4n) is 2.57. The molecule has 0 bridgehead atoms. The Balaban J connectivity index is 1.47. The maximum absolute atomic E-state index is 12.0. The van der Waals surface area contributed by atoms with Crippen LogP contribution >= 0.6 is 0 Å². The summed E-state index contributed by atoms with van der Waals surface area (Å²) in [5.41, 5.74) is 0.219. The van der Waals surface area contributed by atoms with Crippen LogP contribution in [0.2, 0.25) is 0 Å². The van der Waals surface area contributed by atoms with Gasteiger partial charge in [-0.15, -0.1) is 0 Å². The molecule has 3 rings (SSSR count). The molecule has 0 unspecified atom stereocenters. The summed E-state index contributed by atoms with van der Waals surface area (Å²) in [6.45, 7) is 1.95. The van der Waals surface area contributed by atoms with Crippen molar-refractivity contribution in [2.45, 2.75) is 31.2 Å². The molecule has 0 radical (unpaired) electrons. The molecule has 5 heteroatoms. The van der Waals surface area contributed by atoms with E-state index in [9.17, 15) is 9.90 Å². The third-order valence-electron chi connectivity index (χ3n) is 4.03. The number of benzene rings is 1. The zero-order valence-corrected chi connectivity index (χ0v) is 11.3. The lowest BCUT2D eigenvalue weighted by atomic mass is 9.88. The lowest BCUT2D eigenvalue weighted by molar-refractivity contribution is -0.0401. The number of piperidine rings is 1. The monoisotopic (exact) mass is 277 g/mol. The highest BCUT2D eigenvalue weighted by atomic mass is 16.6. The van der Waals surface area contributed by atoms with Gasteiger partial charge in [0.05, 0.1) is 12.2 Å². The first-order valence-electron chi connectivity index (χ1n) is 6.97. The minimum atomic E-state index is -0.754. The predicted octanol–water partition coefficient (Wildman–Crippen LogP) is 1.55. The van der Waals surface area contributed by atoms with Gasteiger partial charge in [-0.1, -0.05) is 30.3 Å². The van der Waals surface area contributed by atoms with E-state index in [1.807, 2.05) is 30.3 Å². The van der Waals surface area contributed by atoms with Crippen LogP contribution in [-0.4, -0.2) is 47.5 Å². The summed E-state index contributed by atoms with van der Waals surface area (Å²) >= 11 is 0. The van der Waals surface area contributed by atoms with Crippen LogP contribution in [0, 0.1) is 0 Å². The number of carbonyl (C=O) groups is 1. The molecule has 1 atom stereocenters. The first-order valence-corrected chi connectivity index (χ1v) is 6.97. The van der Waals surface area contributed by atoms with Crippen LogP contribution in [0.5, 0.6) is 0 Å². The number of likely N-dealkylation sites (tertiary alicyclic amines) is 1. The number of aliphatic hydroxyl groups is 1. The Kier molecular flexibility index (Phi) is 3.63. The molecule has 2 aliphatic rings. The molecule has 1 aromatic carbocycles. The zero-order valence-electron chi connectivity index (χ0n) is 11.3. The van der Waals surface area contributed by atoms with Crippen molar-refractivity contribution in [2.24, 2.45) is 0 Å². The fourth-order valence-corrected chi connectivity index (χ4v) is 2.57. The Labute approximate surface area is 118 Å². The van der Waals surface area contributed by atoms with Crippen LogP contribution in [0.15, 0.2) is 30.3 Å². The summed E-state index contributed by atoms with van der Waals surface area (Å²) < 4.78 is 10.5. The third kappa shape index (κ3) is 2.94. The van der Waals surface area contributed by atoms with E-state index in [1.54, 1.807) is 4.90 Å². The molecule has 2 fully saturated rings. The lowest BCUT2D eigenvalue weighted by Crippen LogP contribution is -2.49. The van der Waals surface area contributed by atoms with E-state index in [4.69, 9.17) is 9.47 Å². The van der Waals surface area contributed by atoms with Crippen molar-refractivity contribution in [3.63, 3.8) is 0 Å². The molecule has 2 heterocycles. The van der Waals surface area contributed by atoms with Gasteiger partial charge in [0.2, 0.25) is 0 Å². The molecule has 1 aromatic rings. The fraction of sp³-hybridized carbons (Fsp3) is 0.533. The number of carbonyl (C=O) groups excluding carboxylic acids is 1. The van der Waals surface area contributed by atoms with Crippen molar-refractivity contribution in [1.82, 2.24) is 4.90 Å². The van der Waals surface area contributed by atoms with Gasteiger partial charge in [-0.2, -0.15) is 0 Å². The topological polar surface area (TPSA) is 62.3 Å². The van der Waals surface area contributed by atoms with Crippen LogP contribution in [-0.2, 0) is 16.1 Å². The van der Waals surface area contributed by atoms with E-state index in [0.717, 1.165) is 5.56 Å². The normalized spacial score (nSPS) is 24.2. The molecule has 0 aliphatic carbocycles. The summed E-state index contributed by atoms with van der Waals surface area (Å²) in [6.07, 6.45) is 0.758. The third-order valence-corrected chi connectivity index (χ3v) is 4.03. The van der Waals surface area contributed by atoms with E-state index in [2.05, 4.69) is 0 Å². The van der Waals surface area contributed by atoms with Crippen LogP contribution in [0.4, 0.5) is 4.79 Å². The maximum Gasteiger partial charge on any atom is 0.410 e. The molecular formula is C15H19NO4. The Bertz CT molecular complexity index is 464. The molecule has 0 aromatic heterocycles. The number of hydrogen-bond donors (Lipinski definition) is 1. The summed E-state index contributed by atoms with van der Waals surface area (Å²) in [4.78, 5) is 13.6. The standard InChI is InChI=1S/C15H19NO4/c17-14(20-10-12-4-2-1-3-5-12)16-8-6-15(18,7-9-16)13-11-19-13/h1-5,13,18H,6-11H2/t13-/m1/s1. The van der Waals surface area contributed by atoms with E-state index in [-0.39, 0.29) is 18.8 Å². The Morgan fingerprint density at radius 2 is 2.00 bits per heavy atom. The van der Waals surface area contributed by atoms with Crippen LogP contribution in [0.3, 0.4) is 0 Å². The summed E-state index contributed by atoms with van der Waals surface area (Å²) in [7, 11) is 0. The molecule has 108 valence electrons. The highest BCUT2D eigenvalue weighted by Gasteiger charge is 2.47. The minimum Gasteiger partial charge on any atom is -0.445 e. The van der Waals surface area contributed by atoms with Crippen LogP contribution in [0.1, 0.15) is 18.4 Å². The van der Waals surface area contributed by atoms with Gasteiger partial charge in [0, 0.05) is 13.1 Å². The zero-order chi connectivity index (χ0) is 14.0. The first-order chi connectivity index (χ1) is 9.67. The van der Waals surface area contributed by atoms with Gasteiger partial charge in [0.1, 0.15) is 12.7 Å². The molecular weight excluding hydrogens is 258 g/mol. The first kappa shape index (κ1) is 13.4. The van der Waals surface area contributed by atoms with Crippen molar-refractivity contribution in [1.29, 1.82) is 0 Å². The van der Waals surface area contributed by atoms with E-state index < -0.39 is 5.60 Å². The van der Waals surface area contributed by atoms with E-state index >= 15 is 0 Å². The highest BCUT2D eigenvalue weighted by Crippen LogP contribution is 2.34. The van der Waals surface area contributed by atoms with Gasteiger partial charge in [-0.25, -0.2) is 4.79 Å². The van der Waals surface area contributed by atoms with Gasteiger partial charge >= 0.3 is 6.09 Å². The second-order valence-corrected chi connectivity index (χ2v) is 5.45. The summed E-state index contributed by atoms with van der Waals surface area (Å²) in [6, 6.07) is 9.61. The number of amides is 1. The second-order valence-electron chi connectivity index (χ2n) is 5.45. The van der Waals surface area contributed by atoms with E-state index in [0.29, 0.717) is 32.5 Å². The molecule has 0 spiro atoms. The SMILES string of the molecule is O=C(OCc1ccccc1)N1CCC(O)([C@H]2CO2)CC1. The minimum absolute atomic E-state index is 0.0370. The summed E-state index contributed by atoms with van der Waals surface area (Å²) in [5, 5.41) is 10.3. The number of hydrogen-bond acceptors (Lipinski definition) is 4. The molecule has 1 N–H and O–H groups in total. The van der Waals surface area contributed by atoms with Gasteiger partial charge in [-0.3, -0.25) is 0 Å². The van der Waals surface area contributed by atoms with Gasteiger partial charge < -0.3 is 19.5 Å². The van der Waals surface area contributed by atoms with Crippen molar-refractivity contribution >= 4 is 6.09 Å².